The van der Waals surface area contributed by atoms with E-state index >= 15 is 0 Å². The predicted molar refractivity (Wildman–Crippen MR) is 122 cm³/mol. The van der Waals surface area contributed by atoms with E-state index in [1.54, 1.807) is 18.4 Å². The van der Waals surface area contributed by atoms with Gasteiger partial charge in [0.15, 0.2) is 5.96 Å². The first-order valence-corrected chi connectivity index (χ1v) is 9.67. The fraction of sp³-hybridized carbons (Fsp3) is 0.474. The van der Waals surface area contributed by atoms with Crippen LogP contribution in [0, 0.1) is 6.92 Å². The molecule has 1 aromatic heterocycles. The quantitative estimate of drug-likeness (QED) is 0.223. The molecule has 0 saturated carbocycles. The van der Waals surface area contributed by atoms with Gasteiger partial charge in [-0.15, -0.1) is 35.3 Å². The number of hydrogen-bond donors (Lipinski definition) is 2. The van der Waals surface area contributed by atoms with Gasteiger partial charge in [-0.25, -0.2) is 9.98 Å². The van der Waals surface area contributed by atoms with Crippen molar-refractivity contribution >= 4 is 41.3 Å². The van der Waals surface area contributed by atoms with Gasteiger partial charge < -0.3 is 20.1 Å². The molecule has 8 heteroatoms. The van der Waals surface area contributed by atoms with E-state index in [0.717, 1.165) is 48.5 Å². The summed E-state index contributed by atoms with van der Waals surface area (Å²) in [6.45, 7) is 7.66. The minimum Gasteiger partial charge on any atom is -0.497 e. The monoisotopic (exact) mass is 504 g/mol. The number of guanidine groups is 1. The summed E-state index contributed by atoms with van der Waals surface area (Å²) in [6.07, 6.45) is 2.85. The highest BCUT2D eigenvalue weighted by Crippen LogP contribution is 2.12. The van der Waals surface area contributed by atoms with Crippen LogP contribution in [0.25, 0.3) is 0 Å². The maximum Gasteiger partial charge on any atom is 0.191 e. The molecule has 0 aliphatic rings. The Morgan fingerprint density at radius 3 is 2.63 bits per heavy atom. The topological polar surface area (TPSA) is 67.8 Å². The highest BCUT2D eigenvalue weighted by Gasteiger charge is 2.02. The van der Waals surface area contributed by atoms with E-state index in [1.165, 1.54) is 4.88 Å². The van der Waals surface area contributed by atoms with E-state index in [2.05, 4.69) is 20.6 Å². The highest BCUT2D eigenvalue weighted by atomic mass is 127. The number of nitrogens with zero attached hydrogens (tertiary/aromatic N) is 2. The maximum atomic E-state index is 5.38. The molecule has 0 unspecified atom stereocenters. The van der Waals surface area contributed by atoms with E-state index in [4.69, 9.17) is 9.47 Å². The molecule has 2 N–H and O–H groups in total. The van der Waals surface area contributed by atoms with Crippen molar-refractivity contribution in [1.29, 1.82) is 0 Å². The van der Waals surface area contributed by atoms with Crippen LogP contribution in [0.3, 0.4) is 0 Å². The molecule has 150 valence electrons. The van der Waals surface area contributed by atoms with Crippen LogP contribution in [-0.4, -0.2) is 37.8 Å². The van der Waals surface area contributed by atoms with Crippen molar-refractivity contribution in [2.75, 3.05) is 26.9 Å². The van der Waals surface area contributed by atoms with Gasteiger partial charge in [0.05, 0.1) is 25.2 Å². The summed E-state index contributed by atoms with van der Waals surface area (Å²) in [7, 11) is 1.67. The van der Waals surface area contributed by atoms with Crippen molar-refractivity contribution in [2.24, 2.45) is 4.99 Å². The fourth-order valence-corrected chi connectivity index (χ4v) is 2.99. The number of rotatable bonds is 10. The van der Waals surface area contributed by atoms with Gasteiger partial charge in [-0.05, 0) is 38.0 Å². The molecule has 0 saturated heterocycles. The van der Waals surface area contributed by atoms with E-state index in [1.807, 2.05) is 44.3 Å². The van der Waals surface area contributed by atoms with Crippen LogP contribution in [0.1, 0.15) is 28.8 Å². The lowest BCUT2D eigenvalue weighted by atomic mass is 10.2. The van der Waals surface area contributed by atoms with Crippen LogP contribution >= 0.6 is 35.3 Å². The first-order valence-electron chi connectivity index (χ1n) is 8.85. The molecular formula is C19H29IN4O2S. The van der Waals surface area contributed by atoms with E-state index < -0.39 is 0 Å². The molecule has 27 heavy (non-hydrogen) atoms. The number of aryl methyl sites for hydroxylation is 1. The van der Waals surface area contributed by atoms with Gasteiger partial charge in [-0.2, -0.15) is 0 Å². The Labute approximate surface area is 182 Å². The lowest BCUT2D eigenvalue weighted by Gasteiger charge is -2.12. The fourth-order valence-electron chi connectivity index (χ4n) is 2.26. The van der Waals surface area contributed by atoms with Gasteiger partial charge in [-0.1, -0.05) is 12.1 Å². The standard InChI is InChI=1S/C19H28N4O2S.HI/c1-4-25-11-5-10-20-19(23-14-18-13-21-15(2)26-18)22-12-16-6-8-17(24-3)9-7-16;/h6-9,13H,4-5,10-12,14H2,1-3H3,(H2,20,22,23);1H. The molecule has 2 aromatic rings. The van der Waals surface area contributed by atoms with Crippen molar-refractivity contribution in [2.45, 2.75) is 33.4 Å². The first kappa shape index (κ1) is 23.6. The Morgan fingerprint density at radius 1 is 1.22 bits per heavy atom. The summed E-state index contributed by atoms with van der Waals surface area (Å²) in [5, 5.41) is 7.82. The van der Waals surface area contributed by atoms with Crippen LogP contribution in [0.5, 0.6) is 5.75 Å². The number of aromatic nitrogens is 1. The third-order valence-corrected chi connectivity index (χ3v) is 4.55. The molecule has 0 atom stereocenters. The summed E-state index contributed by atoms with van der Waals surface area (Å²) < 4.78 is 10.6. The number of ether oxygens (including phenoxy) is 2. The predicted octanol–water partition coefficient (Wildman–Crippen LogP) is 3.74. The molecule has 0 amide bonds. The Bertz CT molecular complexity index is 677. The molecule has 0 radical (unpaired) electrons. The Hall–Kier alpha value is -1.39. The van der Waals surface area contributed by atoms with Gasteiger partial charge in [0, 0.05) is 30.8 Å². The molecule has 6 nitrogen and oxygen atoms in total. The molecule has 2 rings (SSSR count). The number of nitrogens with one attached hydrogen (secondary N) is 2. The van der Waals surface area contributed by atoms with Gasteiger partial charge in [0.25, 0.3) is 0 Å². The van der Waals surface area contributed by atoms with Crippen LogP contribution in [-0.2, 0) is 17.8 Å². The summed E-state index contributed by atoms with van der Waals surface area (Å²) in [4.78, 5) is 10.2. The van der Waals surface area contributed by atoms with Gasteiger partial charge in [-0.3, -0.25) is 0 Å². The van der Waals surface area contributed by atoms with Crippen molar-refractivity contribution in [3.63, 3.8) is 0 Å². The average Bonchev–Trinajstić information content (AvgIpc) is 3.08. The van der Waals surface area contributed by atoms with Gasteiger partial charge >= 0.3 is 0 Å². The van der Waals surface area contributed by atoms with Crippen LogP contribution in [0.2, 0.25) is 0 Å². The second-order valence-corrected chi connectivity index (χ2v) is 7.01. The van der Waals surface area contributed by atoms with Gasteiger partial charge in [0.1, 0.15) is 5.75 Å². The second kappa shape index (κ2) is 13.7. The van der Waals surface area contributed by atoms with Crippen molar-refractivity contribution in [3.8, 4) is 5.75 Å². The minimum absolute atomic E-state index is 0. The summed E-state index contributed by atoms with van der Waals surface area (Å²) in [5.41, 5.74) is 1.13. The number of aliphatic imine (C=N–C) groups is 1. The lowest BCUT2D eigenvalue weighted by Crippen LogP contribution is -2.37. The Balaban J connectivity index is 0.00000364. The molecule has 1 heterocycles. The number of benzene rings is 1. The molecular weight excluding hydrogens is 475 g/mol. The highest BCUT2D eigenvalue weighted by molar-refractivity contribution is 14.0. The average molecular weight is 504 g/mol. The normalized spacial score (nSPS) is 11.0. The molecule has 0 aliphatic heterocycles. The summed E-state index contributed by atoms with van der Waals surface area (Å²) in [5.74, 6) is 1.65. The zero-order chi connectivity index (χ0) is 18.6. The molecule has 1 aromatic carbocycles. The number of thiazole rings is 1. The van der Waals surface area contributed by atoms with Crippen LogP contribution in [0.15, 0.2) is 35.5 Å². The number of halogens is 1. The lowest BCUT2D eigenvalue weighted by molar-refractivity contribution is 0.145. The summed E-state index contributed by atoms with van der Waals surface area (Å²) >= 11 is 1.69. The van der Waals surface area contributed by atoms with E-state index in [0.29, 0.717) is 13.1 Å². The largest absolute Gasteiger partial charge is 0.497 e. The maximum absolute atomic E-state index is 5.38. The van der Waals surface area contributed by atoms with Crippen molar-refractivity contribution in [1.82, 2.24) is 15.6 Å². The van der Waals surface area contributed by atoms with Crippen molar-refractivity contribution in [3.05, 3.63) is 45.9 Å². The van der Waals surface area contributed by atoms with Crippen LogP contribution in [0.4, 0.5) is 0 Å². The zero-order valence-electron chi connectivity index (χ0n) is 16.2. The third kappa shape index (κ3) is 9.39. The van der Waals surface area contributed by atoms with Gasteiger partial charge in [0.2, 0.25) is 0 Å². The Kier molecular flexibility index (Phi) is 12.0. The van der Waals surface area contributed by atoms with E-state index in [9.17, 15) is 0 Å². The number of hydrogen-bond acceptors (Lipinski definition) is 5. The third-order valence-electron chi connectivity index (χ3n) is 3.64. The Morgan fingerprint density at radius 2 is 2.00 bits per heavy atom. The van der Waals surface area contributed by atoms with E-state index in [-0.39, 0.29) is 24.0 Å². The number of methoxy groups -OCH3 is 1. The van der Waals surface area contributed by atoms with Crippen LogP contribution < -0.4 is 15.4 Å². The van der Waals surface area contributed by atoms with Crippen molar-refractivity contribution < 1.29 is 9.47 Å². The SMILES string of the molecule is CCOCCCNC(=NCc1ccc(OC)cc1)NCc1cnc(C)s1.I. The molecule has 0 fully saturated rings. The second-order valence-electron chi connectivity index (χ2n) is 5.69. The molecule has 0 spiro atoms. The molecule has 0 bridgehead atoms. The zero-order valence-corrected chi connectivity index (χ0v) is 19.3. The first-order chi connectivity index (χ1) is 12.7. The smallest absolute Gasteiger partial charge is 0.191 e. The molecule has 0 aliphatic carbocycles. The minimum atomic E-state index is 0. The summed E-state index contributed by atoms with van der Waals surface area (Å²) in [6, 6.07) is 7.96.